The predicted molar refractivity (Wildman–Crippen MR) is 117 cm³/mol. The molecule has 146 valence electrons. The third-order valence-electron chi connectivity index (χ3n) is 4.35. The number of benzene rings is 2. The lowest BCUT2D eigenvalue weighted by Crippen LogP contribution is -2.13. The number of carbonyl (C=O) groups is 1. The van der Waals surface area contributed by atoms with Gasteiger partial charge >= 0.3 is 5.97 Å². The highest BCUT2D eigenvalue weighted by Crippen LogP contribution is 2.33. The first-order chi connectivity index (χ1) is 13.3. The molecule has 28 heavy (non-hydrogen) atoms. The van der Waals surface area contributed by atoms with Crippen molar-refractivity contribution < 1.29 is 14.3 Å². The molecule has 1 aromatic heterocycles. The van der Waals surface area contributed by atoms with Crippen LogP contribution in [0.2, 0.25) is 0 Å². The van der Waals surface area contributed by atoms with Crippen LogP contribution in [-0.4, -0.2) is 16.8 Å². The highest BCUT2D eigenvalue weighted by molar-refractivity contribution is 9.10. The Hall–Kier alpha value is -2.25. The number of fused-ring (bicyclic) bond motifs is 1. The number of carboxylic acids is 1. The number of hydrogen-bond donors (Lipinski definition) is 2. The van der Waals surface area contributed by atoms with Gasteiger partial charge in [0.1, 0.15) is 10.1 Å². The summed E-state index contributed by atoms with van der Waals surface area (Å²) in [4.78, 5) is 24.3. The maximum Gasteiger partial charge on any atom is 0.337 e. The molecular weight excluding hydrogens is 442 g/mol. The second kappa shape index (κ2) is 8.41. The number of hydrogen-bond acceptors (Lipinski definition) is 5. The topological polar surface area (TPSA) is 79.5 Å². The summed E-state index contributed by atoms with van der Waals surface area (Å²) in [5.74, 6) is -0.227. The van der Waals surface area contributed by atoms with E-state index in [2.05, 4.69) is 21.2 Å². The number of thioether (sulfide) groups is 1. The van der Waals surface area contributed by atoms with Crippen molar-refractivity contribution in [3.05, 3.63) is 67.8 Å². The molecule has 0 fully saturated rings. The van der Waals surface area contributed by atoms with Crippen molar-refractivity contribution in [3.8, 4) is 0 Å². The summed E-state index contributed by atoms with van der Waals surface area (Å²) in [6.45, 7) is 5.83. The fraction of sp³-hybridized carbons (Fsp3) is 0.238. The van der Waals surface area contributed by atoms with E-state index < -0.39 is 5.97 Å². The summed E-state index contributed by atoms with van der Waals surface area (Å²) in [6, 6.07) is 10.2. The van der Waals surface area contributed by atoms with Crippen LogP contribution in [0, 0.1) is 6.92 Å². The average molecular weight is 462 g/mol. The van der Waals surface area contributed by atoms with Crippen molar-refractivity contribution in [1.82, 2.24) is 0 Å². The van der Waals surface area contributed by atoms with E-state index in [1.807, 2.05) is 32.9 Å². The lowest BCUT2D eigenvalue weighted by molar-refractivity contribution is 0.0698. The molecule has 0 aliphatic carbocycles. The molecule has 0 saturated carbocycles. The van der Waals surface area contributed by atoms with Gasteiger partial charge in [0, 0.05) is 11.3 Å². The Morgan fingerprint density at radius 2 is 2.04 bits per heavy atom. The maximum atomic E-state index is 12.8. The molecule has 0 unspecified atom stereocenters. The maximum absolute atomic E-state index is 12.8. The summed E-state index contributed by atoms with van der Waals surface area (Å²) in [7, 11) is 0. The van der Waals surface area contributed by atoms with Crippen LogP contribution < -0.4 is 10.7 Å². The zero-order valence-electron chi connectivity index (χ0n) is 15.7. The van der Waals surface area contributed by atoms with Gasteiger partial charge in [-0.05, 0) is 59.3 Å². The van der Waals surface area contributed by atoms with Gasteiger partial charge in [-0.1, -0.05) is 36.9 Å². The molecule has 0 aliphatic heterocycles. The minimum Gasteiger partial charge on any atom is -0.478 e. The smallest absolute Gasteiger partial charge is 0.337 e. The van der Waals surface area contributed by atoms with Crippen LogP contribution in [0.3, 0.4) is 0 Å². The Bertz CT molecular complexity index is 1110. The van der Waals surface area contributed by atoms with E-state index in [0.717, 1.165) is 16.9 Å². The molecule has 7 heteroatoms. The molecule has 2 aromatic carbocycles. The second-order valence-electron chi connectivity index (χ2n) is 6.41. The SMILES string of the molecule is CCSc1oc2c([C@@H](C)Nc3ccccc3C(=O)O)cc(C)cc2c(=O)c1Br. The van der Waals surface area contributed by atoms with Gasteiger partial charge in [0.2, 0.25) is 5.43 Å². The number of rotatable bonds is 6. The Morgan fingerprint density at radius 1 is 1.32 bits per heavy atom. The van der Waals surface area contributed by atoms with E-state index in [9.17, 15) is 14.7 Å². The third kappa shape index (κ3) is 3.95. The highest BCUT2D eigenvalue weighted by atomic mass is 79.9. The van der Waals surface area contributed by atoms with Crippen molar-refractivity contribution in [2.75, 3.05) is 11.1 Å². The highest BCUT2D eigenvalue weighted by Gasteiger charge is 2.20. The van der Waals surface area contributed by atoms with E-state index in [-0.39, 0.29) is 17.0 Å². The standard InChI is InChI=1S/C21H20BrNO4S/c1-4-28-21-17(22)18(24)15-10-11(2)9-14(19(15)27-21)12(3)23-16-8-6-5-7-13(16)20(25)26/h5-10,12,23H,4H2,1-3H3,(H,25,26)/t12-/m1/s1. The van der Waals surface area contributed by atoms with Gasteiger partial charge in [0.05, 0.1) is 17.0 Å². The molecule has 3 rings (SSSR count). The zero-order valence-corrected chi connectivity index (χ0v) is 18.1. The third-order valence-corrected chi connectivity index (χ3v) is 6.17. The molecule has 1 heterocycles. The zero-order chi connectivity index (χ0) is 20.4. The Kier molecular flexibility index (Phi) is 6.15. The predicted octanol–water partition coefficient (Wildman–Crippen LogP) is 5.85. The van der Waals surface area contributed by atoms with Gasteiger partial charge in [-0.3, -0.25) is 4.79 Å². The van der Waals surface area contributed by atoms with Crippen molar-refractivity contribution in [1.29, 1.82) is 0 Å². The number of carboxylic acid groups (broad SMARTS) is 1. The van der Waals surface area contributed by atoms with Crippen LogP contribution in [0.5, 0.6) is 0 Å². The van der Waals surface area contributed by atoms with Gasteiger partial charge in [-0.2, -0.15) is 0 Å². The van der Waals surface area contributed by atoms with Crippen LogP contribution in [0.1, 0.15) is 41.4 Å². The first-order valence-electron chi connectivity index (χ1n) is 8.82. The van der Waals surface area contributed by atoms with E-state index in [1.54, 1.807) is 24.3 Å². The molecule has 0 radical (unpaired) electrons. The van der Waals surface area contributed by atoms with E-state index in [4.69, 9.17) is 4.42 Å². The first kappa shape index (κ1) is 20.5. The van der Waals surface area contributed by atoms with Crippen LogP contribution >= 0.6 is 27.7 Å². The normalized spacial score (nSPS) is 12.1. The van der Waals surface area contributed by atoms with Crippen molar-refractivity contribution in [3.63, 3.8) is 0 Å². The molecule has 0 spiro atoms. The average Bonchev–Trinajstić information content (AvgIpc) is 2.66. The molecule has 0 aliphatic rings. The van der Waals surface area contributed by atoms with Crippen LogP contribution in [0.25, 0.3) is 11.0 Å². The second-order valence-corrected chi connectivity index (χ2v) is 8.44. The molecule has 0 bridgehead atoms. The molecule has 0 saturated heterocycles. The fourth-order valence-corrected chi connectivity index (χ4v) is 4.35. The quantitative estimate of drug-likeness (QED) is 0.448. The lowest BCUT2D eigenvalue weighted by Gasteiger charge is -2.19. The number of anilines is 1. The summed E-state index contributed by atoms with van der Waals surface area (Å²) in [5.41, 5.74) is 2.84. The summed E-state index contributed by atoms with van der Waals surface area (Å²) < 4.78 is 6.53. The number of aromatic carboxylic acids is 1. The van der Waals surface area contributed by atoms with Gasteiger partial charge < -0.3 is 14.8 Å². The van der Waals surface area contributed by atoms with E-state index >= 15 is 0 Å². The molecular formula is C21H20BrNO4S. The van der Waals surface area contributed by atoms with Gasteiger partial charge in [-0.25, -0.2) is 4.79 Å². The number of nitrogens with one attached hydrogen (secondary N) is 1. The van der Waals surface area contributed by atoms with E-state index in [0.29, 0.717) is 26.2 Å². The van der Waals surface area contributed by atoms with E-state index in [1.165, 1.54) is 11.8 Å². The first-order valence-corrected chi connectivity index (χ1v) is 10.6. The summed E-state index contributed by atoms with van der Waals surface area (Å²) >= 11 is 4.81. The van der Waals surface area contributed by atoms with Gasteiger partial charge in [-0.15, -0.1) is 0 Å². The molecule has 0 amide bonds. The number of halogens is 1. The van der Waals surface area contributed by atoms with Gasteiger partial charge in [0.25, 0.3) is 0 Å². The Labute approximate surface area is 175 Å². The molecule has 2 N–H and O–H groups in total. The van der Waals surface area contributed by atoms with Crippen LogP contribution in [0.15, 0.2) is 55.2 Å². The van der Waals surface area contributed by atoms with Crippen LogP contribution in [-0.2, 0) is 0 Å². The Balaban J connectivity index is 2.14. The number of para-hydroxylation sites is 1. The minimum absolute atomic E-state index is 0.111. The lowest BCUT2D eigenvalue weighted by atomic mass is 10.0. The summed E-state index contributed by atoms with van der Waals surface area (Å²) in [6.07, 6.45) is 0. The minimum atomic E-state index is -0.999. The number of aryl methyl sites for hydroxylation is 1. The van der Waals surface area contributed by atoms with Gasteiger partial charge in [0.15, 0.2) is 5.09 Å². The van der Waals surface area contributed by atoms with Crippen LogP contribution in [0.4, 0.5) is 5.69 Å². The molecule has 3 aromatic rings. The van der Waals surface area contributed by atoms with Crippen molar-refractivity contribution in [2.24, 2.45) is 0 Å². The fourth-order valence-electron chi connectivity index (χ4n) is 3.08. The molecule has 5 nitrogen and oxygen atoms in total. The van der Waals surface area contributed by atoms with Crippen molar-refractivity contribution in [2.45, 2.75) is 31.9 Å². The van der Waals surface area contributed by atoms with Crippen molar-refractivity contribution >= 4 is 50.3 Å². The largest absolute Gasteiger partial charge is 0.478 e. The monoisotopic (exact) mass is 461 g/mol. The summed E-state index contributed by atoms with van der Waals surface area (Å²) in [5, 5.41) is 13.7. The Morgan fingerprint density at radius 3 is 2.71 bits per heavy atom. The molecule has 1 atom stereocenters.